The molecule has 0 fully saturated rings. The zero-order valence-corrected chi connectivity index (χ0v) is 17.1. The van der Waals surface area contributed by atoms with Crippen LogP contribution in [0, 0.1) is 0 Å². The summed E-state index contributed by atoms with van der Waals surface area (Å²) in [6, 6.07) is 6.22. The molecule has 3 rings (SSSR count). The molecule has 1 aliphatic heterocycles. The zero-order chi connectivity index (χ0) is 21.0. The van der Waals surface area contributed by atoms with Gasteiger partial charge in [-0.15, -0.1) is 11.3 Å². The Morgan fingerprint density at radius 1 is 1.21 bits per heavy atom. The van der Waals surface area contributed by atoms with E-state index in [1.165, 1.54) is 11.3 Å². The number of nitrogens with two attached hydrogens (primary N) is 1. The minimum atomic E-state index is -0.507. The molecule has 29 heavy (non-hydrogen) atoms. The molecule has 0 radical (unpaired) electrons. The van der Waals surface area contributed by atoms with E-state index >= 15 is 0 Å². The number of urea groups is 1. The summed E-state index contributed by atoms with van der Waals surface area (Å²) in [7, 11) is 0. The maximum Gasteiger partial charge on any atom is 0.321 e. The molecular formula is C19H24N6O3S. The molecule has 10 heteroatoms. The summed E-state index contributed by atoms with van der Waals surface area (Å²) in [5.74, 6) is -0.647. The molecule has 0 aliphatic carbocycles. The van der Waals surface area contributed by atoms with Crippen LogP contribution in [0.2, 0.25) is 0 Å². The van der Waals surface area contributed by atoms with E-state index in [0.29, 0.717) is 29.5 Å². The van der Waals surface area contributed by atoms with Gasteiger partial charge in [0, 0.05) is 41.7 Å². The van der Waals surface area contributed by atoms with Gasteiger partial charge < -0.3 is 16.4 Å². The first-order valence-corrected chi connectivity index (χ1v) is 10.1. The molecule has 0 spiro atoms. The van der Waals surface area contributed by atoms with Crippen molar-refractivity contribution in [3.05, 3.63) is 40.4 Å². The highest BCUT2D eigenvalue weighted by atomic mass is 32.1. The number of hydrogen-bond acceptors (Lipinski definition) is 6. The number of aromatic nitrogens is 1. The van der Waals surface area contributed by atoms with Crippen LogP contribution in [0.25, 0.3) is 0 Å². The molecule has 154 valence electrons. The van der Waals surface area contributed by atoms with Gasteiger partial charge in [-0.05, 0) is 38.1 Å². The number of fused-ring (bicyclic) bond motifs is 1. The van der Waals surface area contributed by atoms with Crippen molar-refractivity contribution in [1.82, 2.24) is 15.2 Å². The Kier molecular flexibility index (Phi) is 6.45. The predicted octanol–water partition coefficient (Wildman–Crippen LogP) is 1.77. The average molecular weight is 417 g/mol. The van der Waals surface area contributed by atoms with Crippen LogP contribution in [0.5, 0.6) is 0 Å². The summed E-state index contributed by atoms with van der Waals surface area (Å²) in [5.41, 5.74) is 7.18. The Morgan fingerprint density at radius 3 is 2.59 bits per heavy atom. The van der Waals surface area contributed by atoms with Crippen molar-refractivity contribution in [2.45, 2.75) is 32.9 Å². The Bertz CT molecular complexity index is 909. The third-order valence-electron chi connectivity index (χ3n) is 4.27. The highest BCUT2D eigenvalue weighted by molar-refractivity contribution is 7.15. The van der Waals surface area contributed by atoms with E-state index in [4.69, 9.17) is 5.73 Å². The summed E-state index contributed by atoms with van der Waals surface area (Å²) in [6.07, 6.45) is 0.722. The second-order valence-electron chi connectivity index (χ2n) is 7.09. The Balaban J connectivity index is 1.53. The first-order valence-electron chi connectivity index (χ1n) is 9.28. The molecule has 2 aromatic rings. The number of benzene rings is 1. The number of nitrogens with zero attached hydrogens (tertiary/aromatic N) is 2. The monoisotopic (exact) mass is 416 g/mol. The molecule has 2 heterocycles. The molecular weight excluding hydrogens is 392 g/mol. The van der Waals surface area contributed by atoms with E-state index in [0.717, 1.165) is 17.0 Å². The van der Waals surface area contributed by atoms with Crippen LogP contribution < -0.4 is 21.7 Å². The van der Waals surface area contributed by atoms with E-state index in [-0.39, 0.29) is 24.5 Å². The van der Waals surface area contributed by atoms with Crippen molar-refractivity contribution >= 4 is 40.0 Å². The van der Waals surface area contributed by atoms with Gasteiger partial charge in [0.1, 0.15) is 0 Å². The van der Waals surface area contributed by atoms with Gasteiger partial charge in [-0.2, -0.15) is 0 Å². The summed E-state index contributed by atoms with van der Waals surface area (Å²) in [6.45, 7) is 5.34. The fraction of sp³-hybridized carbons (Fsp3) is 0.368. The van der Waals surface area contributed by atoms with Crippen LogP contribution in [0.4, 0.5) is 15.6 Å². The van der Waals surface area contributed by atoms with Gasteiger partial charge in [0.25, 0.3) is 0 Å². The number of carbonyl (C=O) groups excluding carboxylic acids is 3. The maximum atomic E-state index is 12.3. The number of amides is 4. The lowest BCUT2D eigenvalue weighted by molar-refractivity contribution is -0.117. The fourth-order valence-corrected chi connectivity index (χ4v) is 4.00. The molecule has 0 atom stereocenters. The molecule has 1 aromatic heterocycles. The number of nitrogens with one attached hydrogen (secondary N) is 3. The van der Waals surface area contributed by atoms with E-state index in [1.807, 2.05) is 18.7 Å². The number of hydrogen-bond donors (Lipinski definition) is 4. The summed E-state index contributed by atoms with van der Waals surface area (Å²) in [5, 5.41) is 8.91. The van der Waals surface area contributed by atoms with Gasteiger partial charge in [0.05, 0.1) is 12.2 Å². The second-order valence-corrected chi connectivity index (χ2v) is 8.18. The Hall–Kier alpha value is -2.98. The lowest BCUT2D eigenvalue weighted by Crippen LogP contribution is -2.36. The van der Waals surface area contributed by atoms with E-state index in [9.17, 15) is 14.4 Å². The minimum absolute atomic E-state index is 0.0468. The molecule has 0 saturated heterocycles. The van der Waals surface area contributed by atoms with Crippen LogP contribution in [-0.4, -0.2) is 46.9 Å². The number of rotatable bonds is 6. The predicted molar refractivity (Wildman–Crippen MR) is 112 cm³/mol. The van der Waals surface area contributed by atoms with Gasteiger partial charge in [0.2, 0.25) is 11.8 Å². The largest absolute Gasteiger partial charge is 0.366 e. The van der Waals surface area contributed by atoms with Gasteiger partial charge in [-0.25, -0.2) is 9.78 Å². The van der Waals surface area contributed by atoms with Crippen molar-refractivity contribution in [3.8, 4) is 0 Å². The van der Waals surface area contributed by atoms with Gasteiger partial charge in [-0.1, -0.05) is 0 Å². The van der Waals surface area contributed by atoms with Crippen molar-refractivity contribution in [2.75, 3.05) is 23.7 Å². The van der Waals surface area contributed by atoms with Crippen molar-refractivity contribution in [3.63, 3.8) is 0 Å². The summed E-state index contributed by atoms with van der Waals surface area (Å²) < 4.78 is 0. The van der Waals surface area contributed by atoms with Crippen molar-refractivity contribution in [2.24, 2.45) is 5.73 Å². The fourth-order valence-electron chi connectivity index (χ4n) is 2.95. The molecule has 9 nitrogen and oxygen atoms in total. The van der Waals surface area contributed by atoms with E-state index in [1.54, 1.807) is 24.3 Å². The van der Waals surface area contributed by atoms with E-state index < -0.39 is 5.91 Å². The quantitative estimate of drug-likeness (QED) is 0.570. The Morgan fingerprint density at radius 2 is 1.93 bits per heavy atom. The van der Waals surface area contributed by atoms with Crippen LogP contribution >= 0.6 is 11.3 Å². The lowest BCUT2D eigenvalue weighted by atomic mass is 10.2. The molecule has 5 N–H and O–H groups in total. The van der Waals surface area contributed by atoms with Crippen molar-refractivity contribution in [1.29, 1.82) is 0 Å². The second kappa shape index (κ2) is 9.01. The van der Waals surface area contributed by atoms with E-state index in [2.05, 4.69) is 20.9 Å². The number of carbonyl (C=O) groups is 3. The normalized spacial score (nSPS) is 13.6. The molecule has 1 aliphatic rings. The third kappa shape index (κ3) is 5.75. The van der Waals surface area contributed by atoms with Crippen LogP contribution in [0.15, 0.2) is 24.3 Å². The Labute approximate surface area is 172 Å². The highest BCUT2D eigenvalue weighted by Gasteiger charge is 2.23. The molecule has 0 bridgehead atoms. The van der Waals surface area contributed by atoms with Crippen LogP contribution in [-0.2, 0) is 17.8 Å². The molecule has 4 amide bonds. The SMILES string of the molecule is CC(C)NC(=O)Nc1nc2c(s1)CN(CC(=O)Nc1ccc(C(N)=O)cc1)CC2. The summed E-state index contributed by atoms with van der Waals surface area (Å²) in [4.78, 5) is 42.8. The standard InChI is InChI=1S/C19H24N6O3S/c1-11(2)21-18(28)24-19-23-14-7-8-25(9-15(14)29-19)10-16(26)22-13-5-3-12(4-6-13)17(20)27/h3-6,11H,7-10H2,1-2H3,(H2,20,27)(H,22,26)(H2,21,23,24,28). The summed E-state index contributed by atoms with van der Waals surface area (Å²) >= 11 is 1.43. The maximum absolute atomic E-state index is 12.3. The van der Waals surface area contributed by atoms with Gasteiger partial charge >= 0.3 is 6.03 Å². The smallest absolute Gasteiger partial charge is 0.321 e. The van der Waals surface area contributed by atoms with Crippen molar-refractivity contribution < 1.29 is 14.4 Å². The highest BCUT2D eigenvalue weighted by Crippen LogP contribution is 2.28. The first kappa shape index (κ1) is 20.7. The van der Waals surface area contributed by atoms with Crippen LogP contribution in [0.1, 0.15) is 34.8 Å². The third-order valence-corrected chi connectivity index (χ3v) is 5.27. The van der Waals surface area contributed by atoms with Gasteiger partial charge in [-0.3, -0.25) is 19.8 Å². The first-order chi connectivity index (χ1) is 13.8. The number of thiazole rings is 1. The lowest BCUT2D eigenvalue weighted by Gasteiger charge is -2.25. The molecule has 1 aromatic carbocycles. The topological polar surface area (TPSA) is 129 Å². The van der Waals surface area contributed by atoms with Crippen LogP contribution in [0.3, 0.4) is 0 Å². The number of primary amides is 1. The zero-order valence-electron chi connectivity index (χ0n) is 16.3. The molecule has 0 unspecified atom stereocenters. The molecule has 0 saturated carbocycles. The van der Waals surface area contributed by atoms with Gasteiger partial charge in [0.15, 0.2) is 5.13 Å². The average Bonchev–Trinajstić information content (AvgIpc) is 3.02. The number of anilines is 2. The minimum Gasteiger partial charge on any atom is -0.366 e.